The third-order valence-corrected chi connectivity index (χ3v) is 7.02. The summed E-state index contributed by atoms with van der Waals surface area (Å²) in [5.74, 6) is 1.24. The van der Waals surface area contributed by atoms with Gasteiger partial charge in [-0.25, -0.2) is 0 Å². The second-order valence-corrected chi connectivity index (χ2v) is 9.70. The number of benzene rings is 2. The van der Waals surface area contributed by atoms with Crippen LogP contribution in [0.1, 0.15) is 44.6 Å². The van der Waals surface area contributed by atoms with E-state index in [1.807, 2.05) is 55.5 Å². The Morgan fingerprint density at radius 1 is 1.19 bits per heavy atom. The van der Waals surface area contributed by atoms with Crippen molar-refractivity contribution in [3.8, 4) is 5.75 Å². The quantitative estimate of drug-likeness (QED) is 0.474. The van der Waals surface area contributed by atoms with Crippen molar-refractivity contribution in [2.75, 3.05) is 12.9 Å². The third kappa shape index (κ3) is 7.17. The van der Waals surface area contributed by atoms with E-state index in [9.17, 15) is 9.59 Å². The first-order valence-electron chi connectivity index (χ1n) is 11.1. The maximum absolute atomic E-state index is 13.2. The summed E-state index contributed by atoms with van der Waals surface area (Å²) < 4.78 is 5.32. The van der Waals surface area contributed by atoms with E-state index in [1.165, 1.54) is 0 Å². The Morgan fingerprint density at radius 3 is 2.59 bits per heavy atom. The van der Waals surface area contributed by atoms with Gasteiger partial charge in [-0.15, -0.1) is 11.8 Å². The van der Waals surface area contributed by atoms with E-state index in [2.05, 4.69) is 5.32 Å². The maximum Gasteiger partial charge on any atom is 0.242 e. The second kappa shape index (κ2) is 12.2. The molecule has 0 radical (unpaired) electrons. The molecule has 0 aliphatic heterocycles. The minimum absolute atomic E-state index is 0.0386. The molecule has 1 atom stereocenters. The lowest BCUT2D eigenvalue weighted by molar-refractivity contribution is -0.140. The Balaban J connectivity index is 1.66. The minimum Gasteiger partial charge on any atom is -0.497 e. The molecule has 0 aromatic heterocycles. The first-order chi connectivity index (χ1) is 15.5. The number of hydrogen-bond acceptors (Lipinski definition) is 4. The van der Waals surface area contributed by atoms with Crippen molar-refractivity contribution in [2.24, 2.45) is 0 Å². The molecule has 32 heavy (non-hydrogen) atoms. The highest BCUT2D eigenvalue weighted by molar-refractivity contribution is 7.99. The fourth-order valence-electron chi connectivity index (χ4n) is 3.87. The van der Waals surface area contributed by atoms with Gasteiger partial charge in [0.25, 0.3) is 0 Å². The lowest BCUT2D eigenvalue weighted by atomic mass is 10.1. The molecular weight excluding hydrogens is 444 g/mol. The molecule has 0 bridgehead atoms. The number of nitrogens with one attached hydrogen (secondary N) is 1. The number of halogens is 1. The van der Waals surface area contributed by atoms with E-state index in [1.54, 1.807) is 23.8 Å². The van der Waals surface area contributed by atoms with Crippen LogP contribution in [-0.2, 0) is 16.1 Å². The molecule has 1 N–H and O–H groups in total. The molecule has 3 rings (SSSR count). The fourth-order valence-corrected chi connectivity index (χ4v) is 4.84. The molecule has 0 unspecified atom stereocenters. The van der Waals surface area contributed by atoms with Crippen LogP contribution in [-0.4, -0.2) is 41.7 Å². The summed E-state index contributed by atoms with van der Waals surface area (Å²) in [7, 11) is 1.62. The number of methoxy groups -OCH3 is 1. The smallest absolute Gasteiger partial charge is 0.242 e. The van der Waals surface area contributed by atoms with E-state index in [0.717, 1.165) is 41.9 Å². The zero-order valence-electron chi connectivity index (χ0n) is 18.7. The normalized spacial score (nSPS) is 14.7. The fraction of sp³-hybridized carbons (Fsp3) is 0.440. The number of hydrogen-bond donors (Lipinski definition) is 1. The van der Waals surface area contributed by atoms with Crippen molar-refractivity contribution in [3.05, 3.63) is 59.1 Å². The molecule has 7 heteroatoms. The zero-order valence-corrected chi connectivity index (χ0v) is 20.3. The summed E-state index contributed by atoms with van der Waals surface area (Å²) in [6.45, 7) is 2.18. The number of carbonyl (C=O) groups is 2. The van der Waals surface area contributed by atoms with Crippen LogP contribution >= 0.6 is 23.4 Å². The molecule has 172 valence electrons. The van der Waals surface area contributed by atoms with E-state index < -0.39 is 6.04 Å². The molecule has 1 fully saturated rings. The van der Waals surface area contributed by atoms with Crippen molar-refractivity contribution in [1.29, 1.82) is 0 Å². The first kappa shape index (κ1) is 24.5. The predicted octanol–water partition coefficient (Wildman–Crippen LogP) is 5.31. The molecule has 0 spiro atoms. The van der Waals surface area contributed by atoms with Gasteiger partial charge in [-0.1, -0.05) is 36.6 Å². The highest BCUT2D eigenvalue weighted by Gasteiger charge is 2.28. The molecule has 5 nitrogen and oxygen atoms in total. The van der Waals surface area contributed by atoms with Crippen molar-refractivity contribution in [3.63, 3.8) is 0 Å². The lowest BCUT2D eigenvalue weighted by Crippen LogP contribution is -2.49. The van der Waals surface area contributed by atoms with Crippen LogP contribution in [0.2, 0.25) is 5.02 Å². The van der Waals surface area contributed by atoms with Gasteiger partial charge in [0.15, 0.2) is 0 Å². The van der Waals surface area contributed by atoms with Crippen molar-refractivity contribution in [2.45, 2.75) is 62.6 Å². The third-order valence-electron chi connectivity index (χ3n) is 5.75. The zero-order chi connectivity index (χ0) is 22.9. The topological polar surface area (TPSA) is 58.6 Å². The van der Waals surface area contributed by atoms with E-state index >= 15 is 0 Å². The van der Waals surface area contributed by atoms with Gasteiger partial charge in [0, 0.05) is 34.7 Å². The van der Waals surface area contributed by atoms with Crippen molar-refractivity contribution in [1.82, 2.24) is 10.2 Å². The standard InChI is InChI=1S/C25H31ClN2O3S/c1-18(25(30)27-21-7-3-4-8-21)28(17-19-6-5-9-22(16-19)31-2)24(29)14-15-32-23-12-10-20(26)11-13-23/h5-6,9-13,16,18,21H,3-4,7-8,14-15,17H2,1-2H3,(H,27,30)/t18-/m1/s1. The largest absolute Gasteiger partial charge is 0.497 e. The predicted molar refractivity (Wildman–Crippen MR) is 130 cm³/mol. The summed E-state index contributed by atoms with van der Waals surface area (Å²) in [5.41, 5.74) is 0.934. The van der Waals surface area contributed by atoms with Crippen LogP contribution in [0.3, 0.4) is 0 Å². The number of carbonyl (C=O) groups excluding carboxylic acids is 2. The molecule has 0 heterocycles. The summed E-state index contributed by atoms with van der Waals surface area (Å²) in [6, 6.07) is 14.9. The molecule has 2 aromatic carbocycles. The summed E-state index contributed by atoms with van der Waals surface area (Å²) >= 11 is 7.55. The molecule has 1 aliphatic rings. The van der Waals surface area contributed by atoms with E-state index in [-0.39, 0.29) is 17.9 Å². The van der Waals surface area contributed by atoms with E-state index in [0.29, 0.717) is 23.7 Å². The number of ether oxygens (including phenoxy) is 1. The van der Waals surface area contributed by atoms with Gasteiger partial charge in [-0.3, -0.25) is 9.59 Å². The SMILES string of the molecule is COc1cccc(CN(C(=O)CCSc2ccc(Cl)cc2)[C@H](C)C(=O)NC2CCCC2)c1. The summed E-state index contributed by atoms with van der Waals surface area (Å²) in [6.07, 6.45) is 4.67. The summed E-state index contributed by atoms with van der Waals surface area (Å²) in [5, 5.41) is 3.83. The Kier molecular flexibility index (Phi) is 9.30. The monoisotopic (exact) mass is 474 g/mol. The van der Waals surface area contributed by atoms with Crippen LogP contribution in [0, 0.1) is 0 Å². The lowest BCUT2D eigenvalue weighted by Gasteiger charge is -2.30. The van der Waals surface area contributed by atoms with Gasteiger partial charge < -0.3 is 15.0 Å². The Morgan fingerprint density at radius 2 is 1.91 bits per heavy atom. The highest BCUT2D eigenvalue weighted by Crippen LogP contribution is 2.23. The average molecular weight is 475 g/mol. The van der Waals surface area contributed by atoms with Gasteiger partial charge in [0.1, 0.15) is 11.8 Å². The molecule has 2 aromatic rings. The number of amides is 2. The van der Waals surface area contributed by atoms with Crippen LogP contribution in [0.15, 0.2) is 53.4 Å². The van der Waals surface area contributed by atoms with Gasteiger partial charge in [0.2, 0.25) is 11.8 Å². The van der Waals surface area contributed by atoms with E-state index in [4.69, 9.17) is 16.3 Å². The van der Waals surface area contributed by atoms with Crippen LogP contribution in [0.5, 0.6) is 5.75 Å². The van der Waals surface area contributed by atoms with Gasteiger partial charge >= 0.3 is 0 Å². The average Bonchev–Trinajstić information content (AvgIpc) is 3.31. The first-order valence-corrected chi connectivity index (χ1v) is 12.4. The van der Waals surface area contributed by atoms with Crippen LogP contribution in [0.25, 0.3) is 0 Å². The van der Waals surface area contributed by atoms with Gasteiger partial charge in [0.05, 0.1) is 7.11 Å². The molecular formula is C25H31ClN2O3S. The minimum atomic E-state index is -0.546. The van der Waals surface area contributed by atoms with Crippen molar-refractivity contribution < 1.29 is 14.3 Å². The van der Waals surface area contributed by atoms with Crippen LogP contribution in [0.4, 0.5) is 0 Å². The molecule has 2 amide bonds. The molecule has 0 saturated heterocycles. The van der Waals surface area contributed by atoms with Gasteiger partial charge in [-0.2, -0.15) is 0 Å². The van der Waals surface area contributed by atoms with Gasteiger partial charge in [-0.05, 0) is 61.7 Å². The number of rotatable bonds is 10. The molecule has 1 saturated carbocycles. The maximum atomic E-state index is 13.2. The Labute approximate surface area is 199 Å². The Hall–Kier alpha value is -2.18. The number of nitrogens with zero attached hydrogens (tertiary/aromatic N) is 1. The summed E-state index contributed by atoms with van der Waals surface area (Å²) in [4.78, 5) is 28.9. The number of thioether (sulfide) groups is 1. The highest BCUT2D eigenvalue weighted by atomic mass is 35.5. The Bertz CT molecular complexity index is 900. The van der Waals surface area contributed by atoms with Crippen LogP contribution < -0.4 is 10.1 Å². The van der Waals surface area contributed by atoms with Crippen molar-refractivity contribution >= 4 is 35.2 Å². The second-order valence-electron chi connectivity index (χ2n) is 8.09. The molecule has 1 aliphatic carbocycles.